The highest BCUT2D eigenvalue weighted by Crippen LogP contribution is 2.22. The highest BCUT2D eigenvalue weighted by atomic mass is 32.1. The van der Waals surface area contributed by atoms with Crippen molar-refractivity contribution < 1.29 is 14.4 Å². The molecule has 1 heterocycles. The number of ketones is 1. The summed E-state index contributed by atoms with van der Waals surface area (Å²) in [5.74, 6) is -0.483. The molecule has 0 bridgehead atoms. The Bertz CT molecular complexity index is 1100. The van der Waals surface area contributed by atoms with E-state index in [2.05, 4.69) is 20.2 Å². The Morgan fingerprint density at radius 3 is 2.42 bits per heavy atom. The third kappa shape index (κ3) is 7.32. The fourth-order valence-electron chi connectivity index (χ4n) is 3.47. The molecule has 172 valence electrons. The molecule has 0 saturated carbocycles. The molecule has 7 nitrogen and oxygen atoms in total. The monoisotopic (exact) mass is 464 g/mol. The number of amides is 2. The quantitative estimate of drug-likeness (QED) is 0.397. The second kappa shape index (κ2) is 12.0. The van der Waals surface area contributed by atoms with Gasteiger partial charge in [-0.05, 0) is 61.5 Å². The van der Waals surface area contributed by atoms with Gasteiger partial charge in [0.2, 0.25) is 5.91 Å². The lowest BCUT2D eigenvalue weighted by Gasteiger charge is -2.18. The van der Waals surface area contributed by atoms with Gasteiger partial charge in [0.05, 0.1) is 5.69 Å². The number of hydrogen-bond donors (Lipinski definition) is 2. The zero-order chi connectivity index (χ0) is 23.6. The SMILES string of the molecule is CC(=O)CCCCC[C@H](NC(=O)c1snnc1C)C(=O)Nc1cccc(-c2ccccc2)c1. The molecular formula is C25H28N4O3S. The van der Waals surface area contributed by atoms with Crippen molar-refractivity contribution in [1.29, 1.82) is 0 Å². The van der Waals surface area contributed by atoms with Gasteiger partial charge < -0.3 is 15.4 Å². The van der Waals surface area contributed by atoms with E-state index in [1.807, 2.05) is 54.6 Å². The molecule has 0 aliphatic heterocycles. The minimum absolute atomic E-state index is 0.157. The summed E-state index contributed by atoms with van der Waals surface area (Å²) >= 11 is 1.01. The fraction of sp³-hybridized carbons (Fsp3) is 0.320. The average molecular weight is 465 g/mol. The summed E-state index contributed by atoms with van der Waals surface area (Å²) < 4.78 is 3.80. The molecule has 8 heteroatoms. The van der Waals surface area contributed by atoms with Gasteiger partial charge in [-0.1, -0.05) is 59.8 Å². The van der Waals surface area contributed by atoms with Crippen molar-refractivity contribution in [2.24, 2.45) is 0 Å². The third-order valence-electron chi connectivity index (χ3n) is 5.24. The number of nitrogens with zero attached hydrogens (tertiary/aromatic N) is 2. The van der Waals surface area contributed by atoms with Crippen LogP contribution in [-0.4, -0.2) is 33.2 Å². The third-order valence-corrected chi connectivity index (χ3v) is 6.07. The second-order valence-corrected chi connectivity index (χ2v) is 8.71. The van der Waals surface area contributed by atoms with Crippen molar-refractivity contribution in [3.05, 3.63) is 65.2 Å². The number of carbonyl (C=O) groups is 3. The number of nitrogens with one attached hydrogen (secondary N) is 2. The summed E-state index contributed by atoms with van der Waals surface area (Å²) in [4.78, 5) is 37.4. The molecule has 0 aliphatic rings. The molecule has 2 amide bonds. The Morgan fingerprint density at radius 2 is 1.73 bits per heavy atom. The maximum absolute atomic E-state index is 13.1. The summed E-state index contributed by atoms with van der Waals surface area (Å²) in [6, 6.07) is 16.8. The van der Waals surface area contributed by atoms with Gasteiger partial charge in [-0.3, -0.25) is 9.59 Å². The highest BCUT2D eigenvalue weighted by molar-refractivity contribution is 7.08. The molecule has 2 N–H and O–H groups in total. The molecule has 33 heavy (non-hydrogen) atoms. The van der Waals surface area contributed by atoms with Crippen molar-refractivity contribution in [2.45, 2.75) is 52.0 Å². The van der Waals surface area contributed by atoms with Crippen LogP contribution in [0, 0.1) is 6.92 Å². The first kappa shape index (κ1) is 24.3. The maximum Gasteiger partial charge on any atom is 0.265 e. The van der Waals surface area contributed by atoms with Gasteiger partial charge in [-0.15, -0.1) is 5.10 Å². The van der Waals surface area contributed by atoms with Crippen molar-refractivity contribution in [1.82, 2.24) is 14.9 Å². The van der Waals surface area contributed by atoms with Crippen LogP contribution in [0.4, 0.5) is 5.69 Å². The first-order valence-electron chi connectivity index (χ1n) is 11.0. The van der Waals surface area contributed by atoms with Crippen molar-refractivity contribution >= 4 is 34.8 Å². The van der Waals surface area contributed by atoms with Gasteiger partial charge in [0.15, 0.2) is 0 Å². The molecule has 3 rings (SSSR count). The zero-order valence-electron chi connectivity index (χ0n) is 18.8. The van der Waals surface area contributed by atoms with Crippen molar-refractivity contribution in [3.63, 3.8) is 0 Å². The summed E-state index contributed by atoms with van der Waals surface area (Å²) in [6.07, 6.45) is 3.30. The number of Topliss-reactive ketones (excluding diaryl/α,β-unsaturated/α-hetero) is 1. The lowest BCUT2D eigenvalue weighted by atomic mass is 10.0. The molecule has 0 aliphatic carbocycles. The van der Waals surface area contributed by atoms with Gasteiger partial charge in [0, 0.05) is 12.1 Å². The van der Waals surface area contributed by atoms with Crippen LogP contribution < -0.4 is 10.6 Å². The molecule has 0 spiro atoms. The van der Waals surface area contributed by atoms with Crippen LogP contribution in [0.3, 0.4) is 0 Å². The molecule has 3 aromatic rings. The molecular weight excluding hydrogens is 436 g/mol. The van der Waals surface area contributed by atoms with Crippen LogP contribution in [0.1, 0.15) is 54.4 Å². The van der Waals surface area contributed by atoms with Gasteiger partial charge in [-0.25, -0.2) is 0 Å². The summed E-state index contributed by atoms with van der Waals surface area (Å²) in [5.41, 5.74) is 3.24. The van der Waals surface area contributed by atoms with Crippen molar-refractivity contribution in [3.8, 4) is 11.1 Å². The highest BCUT2D eigenvalue weighted by Gasteiger charge is 2.23. The van der Waals surface area contributed by atoms with Gasteiger partial charge in [0.25, 0.3) is 5.91 Å². The lowest BCUT2D eigenvalue weighted by molar-refractivity contribution is -0.118. The lowest BCUT2D eigenvalue weighted by Crippen LogP contribution is -2.43. The number of anilines is 1. The van der Waals surface area contributed by atoms with E-state index >= 15 is 0 Å². The average Bonchev–Trinajstić information content (AvgIpc) is 3.24. The number of aryl methyl sites for hydroxylation is 1. The molecule has 0 unspecified atom stereocenters. The van der Waals surface area contributed by atoms with Crippen LogP contribution >= 0.6 is 11.5 Å². The van der Waals surface area contributed by atoms with E-state index in [0.29, 0.717) is 29.1 Å². The van der Waals surface area contributed by atoms with Crippen LogP contribution in [0.25, 0.3) is 11.1 Å². The number of aromatic nitrogens is 2. The van der Waals surface area contributed by atoms with Crippen LogP contribution in [0.5, 0.6) is 0 Å². The number of hydrogen-bond acceptors (Lipinski definition) is 6. The first-order chi connectivity index (χ1) is 15.9. The van der Waals surface area contributed by atoms with Crippen LogP contribution in [0.2, 0.25) is 0 Å². The van der Waals surface area contributed by atoms with E-state index in [-0.39, 0.29) is 17.6 Å². The number of carbonyl (C=O) groups excluding carboxylic acids is 3. The first-order valence-corrected chi connectivity index (χ1v) is 11.8. The van der Waals surface area contributed by atoms with E-state index in [9.17, 15) is 14.4 Å². The van der Waals surface area contributed by atoms with E-state index < -0.39 is 6.04 Å². The van der Waals surface area contributed by atoms with E-state index in [4.69, 9.17) is 0 Å². The molecule has 0 saturated heterocycles. The Labute approximate surface area is 197 Å². The maximum atomic E-state index is 13.1. The Balaban J connectivity index is 1.69. The summed E-state index contributed by atoms with van der Waals surface area (Å²) in [6.45, 7) is 3.29. The summed E-state index contributed by atoms with van der Waals surface area (Å²) in [5, 5.41) is 9.65. The minimum atomic E-state index is -0.711. The minimum Gasteiger partial charge on any atom is -0.339 e. The molecule has 1 aromatic heterocycles. The standard InChI is InChI=1S/C25H28N4O3S/c1-17(30)10-5-3-8-15-22(27-25(32)23-18(2)28-29-33-23)24(31)26-21-14-9-13-20(16-21)19-11-6-4-7-12-19/h4,6-7,9,11-14,16,22H,3,5,8,10,15H2,1-2H3,(H,26,31)(H,27,32)/t22-/m0/s1. The Hall–Kier alpha value is -3.39. The van der Waals surface area contributed by atoms with E-state index in [1.165, 1.54) is 0 Å². The molecule has 2 aromatic carbocycles. The normalized spacial score (nSPS) is 11.6. The van der Waals surface area contributed by atoms with Gasteiger partial charge in [0.1, 0.15) is 16.7 Å². The van der Waals surface area contributed by atoms with E-state index in [0.717, 1.165) is 41.9 Å². The van der Waals surface area contributed by atoms with Gasteiger partial charge in [-0.2, -0.15) is 0 Å². The summed E-state index contributed by atoms with van der Waals surface area (Å²) in [7, 11) is 0. The Kier molecular flexibility index (Phi) is 8.83. The van der Waals surface area contributed by atoms with Crippen molar-refractivity contribution in [2.75, 3.05) is 5.32 Å². The number of rotatable bonds is 11. The topological polar surface area (TPSA) is 101 Å². The predicted molar refractivity (Wildman–Crippen MR) is 130 cm³/mol. The second-order valence-electron chi connectivity index (χ2n) is 7.95. The Morgan fingerprint density at radius 1 is 0.970 bits per heavy atom. The fourth-order valence-corrected chi connectivity index (χ4v) is 4.03. The van der Waals surface area contributed by atoms with Crippen LogP contribution in [0.15, 0.2) is 54.6 Å². The number of unbranched alkanes of at least 4 members (excludes halogenated alkanes) is 2. The van der Waals surface area contributed by atoms with Crippen LogP contribution in [-0.2, 0) is 9.59 Å². The smallest absolute Gasteiger partial charge is 0.265 e. The largest absolute Gasteiger partial charge is 0.339 e. The predicted octanol–water partition coefficient (Wildman–Crippen LogP) is 4.79. The molecule has 0 radical (unpaired) electrons. The molecule has 0 fully saturated rings. The zero-order valence-corrected chi connectivity index (χ0v) is 19.7. The van der Waals surface area contributed by atoms with E-state index in [1.54, 1.807) is 13.8 Å². The number of benzene rings is 2. The van der Waals surface area contributed by atoms with Gasteiger partial charge >= 0.3 is 0 Å². The molecule has 1 atom stereocenters.